The van der Waals surface area contributed by atoms with Gasteiger partial charge in [-0.2, -0.15) is 0 Å². The highest BCUT2D eigenvalue weighted by Crippen LogP contribution is 1.82. The van der Waals surface area contributed by atoms with E-state index in [1.165, 1.54) is 13.8 Å². The number of aliphatic hydroxyl groups excluding tert-OH is 1. The van der Waals surface area contributed by atoms with Crippen molar-refractivity contribution in [3.8, 4) is 0 Å². The van der Waals surface area contributed by atoms with Crippen molar-refractivity contribution in [1.82, 2.24) is 5.32 Å². The van der Waals surface area contributed by atoms with E-state index in [-0.39, 0.29) is 11.6 Å². The molecule has 0 aromatic heterocycles. The summed E-state index contributed by atoms with van der Waals surface area (Å²) >= 11 is 0. The standard InChI is InChI=1S/C6H10N2O2/c1-4(9)3-6(10)8-5(2)7/h3,9H,1-2H3,(H2,7,8,10). The molecule has 0 spiro atoms. The molecule has 0 aliphatic heterocycles. The SMILES string of the molecule is CC(=N)NC(=O)C=C(C)O. The van der Waals surface area contributed by atoms with Gasteiger partial charge in [-0.15, -0.1) is 0 Å². The molecule has 56 valence electrons. The van der Waals surface area contributed by atoms with E-state index in [9.17, 15) is 4.79 Å². The van der Waals surface area contributed by atoms with Gasteiger partial charge in [0.2, 0.25) is 0 Å². The average Bonchev–Trinajstić information content (AvgIpc) is 1.58. The molecule has 0 aliphatic rings. The van der Waals surface area contributed by atoms with E-state index in [4.69, 9.17) is 10.5 Å². The van der Waals surface area contributed by atoms with Crippen LogP contribution in [0.4, 0.5) is 0 Å². The summed E-state index contributed by atoms with van der Waals surface area (Å²) in [7, 11) is 0. The number of carbonyl (C=O) groups is 1. The van der Waals surface area contributed by atoms with Gasteiger partial charge in [0.1, 0.15) is 0 Å². The predicted octanol–water partition coefficient (Wildman–Crippen LogP) is 0.562. The molecule has 0 heterocycles. The highest BCUT2D eigenvalue weighted by molar-refractivity contribution is 6.01. The van der Waals surface area contributed by atoms with Gasteiger partial charge < -0.3 is 10.4 Å². The van der Waals surface area contributed by atoms with E-state index >= 15 is 0 Å². The Morgan fingerprint density at radius 1 is 1.60 bits per heavy atom. The molecule has 0 atom stereocenters. The van der Waals surface area contributed by atoms with E-state index in [0.717, 1.165) is 6.08 Å². The Labute approximate surface area is 59.1 Å². The summed E-state index contributed by atoms with van der Waals surface area (Å²) in [6.07, 6.45) is 1.01. The lowest BCUT2D eigenvalue weighted by atomic mass is 10.4. The molecule has 4 heteroatoms. The summed E-state index contributed by atoms with van der Waals surface area (Å²) in [5.41, 5.74) is 0. The number of aliphatic hydroxyl groups is 1. The second kappa shape index (κ2) is 3.66. The molecule has 0 aromatic carbocycles. The zero-order chi connectivity index (χ0) is 8.15. The van der Waals surface area contributed by atoms with Gasteiger partial charge >= 0.3 is 0 Å². The van der Waals surface area contributed by atoms with Crippen LogP contribution in [0.2, 0.25) is 0 Å². The van der Waals surface area contributed by atoms with Crippen molar-refractivity contribution < 1.29 is 9.90 Å². The number of allylic oxidation sites excluding steroid dienone is 1. The molecule has 10 heavy (non-hydrogen) atoms. The molecule has 0 unspecified atom stereocenters. The van der Waals surface area contributed by atoms with Gasteiger partial charge in [0, 0.05) is 6.08 Å². The van der Waals surface area contributed by atoms with Crippen LogP contribution in [0.5, 0.6) is 0 Å². The first-order chi connectivity index (χ1) is 4.52. The van der Waals surface area contributed by atoms with Gasteiger partial charge in [-0.1, -0.05) is 0 Å². The van der Waals surface area contributed by atoms with Crippen LogP contribution in [-0.2, 0) is 4.79 Å². The van der Waals surface area contributed by atoms with E-state index in [2.05, 4.69) is 5.32 Å². The summed E-state index contributed by atoms with van der Waals surface area (Å²) in [5, 5.41) is 17.6. The van der Waals surface area contributed by atoms with Crippen molar-refractivity contribution in [3.05, 3.63) is 11.8 Å². The van der Waals surface area contributed by atoms with Crippen LogP contribution in [0.15, 0.2) is 11.8 Å². The molecule has 3 N–H and O–H groups in total. The van der Waals surface area contributed by atoms with Crippen molar-refractivity contribution in [2.24, 2.45) is 0 Å². The summed E-state index contributed by atoms with van der Waals surface area (Å²) < 4.78 is 0. The number of nitrogens with one attached hydrogen (secondary N) is 2. The number of amides is 1. The first-order valence-electron chi connectivity index (χ1n) is 2.76. The van der Waals surface area contributed by atoms with Crippen LogP contribution >= 0.6 is 0 Å². The molecule has 0 fully saturated rings. The maximum atomic E-state index is 10.6. The van der Waals surface area contributed by atoms with Gasteiger partial charge in [0.25, 0.3) is 5.91 Å². The van der Waals surface area contributed by atoms with Gasteiger partial charge in [-0.05, 0) is 13.8 Å². The monoisotopic (exact) mass is 142 g/mol. The van der Waals surface area contributed by atoms with Gasteiger partial charge in [-0.25, -0.2) is 0 Å². The van der Waals surface area contributed by atoms with Gasteiger partial charge in [0.15, 0.2) is 0 Å². The Morgan fingerprint density at radius 2 is 2.10 bits per heavy atom. The highest BCUT2D eigenvalue weighted by atomic mass is 16.3. The minimum atomic E-state index is -0.479. The zero-order valence-corrected chi connectivity index (χ0v) is 5.93. The van der Waals surface area contributed by atoms with E-state index in [0.29, 0.717) is 0 Å². The van der Waals surface area contributed by atoms with Crippen molar-refractivity contribution >= 4 is 11.7 Å². The summed E-state index contributed by atoms with van der Waals surface area (Å²) in [5.74, 6) is -0.492. The normalized spacial score (nSPS) is 10.8. The van der Waals surface area contributed by atoms with E-state index in [1.54, 1.807) is 0 Å². The van der Waals surface area contributed by atoms with Crippen molar-refractivity contribution in [2.45, 2.75) is 13.8 Å². The first-order valence-corrected chi connectivity index (χ1v) is 2.76. The predicted molar refractivity (Wildman–Crippen MR) is 37.9 cm³/mol. The Hall–Kier alpha value is -1.32. The summed E-state index contributed by atoms with van der Waals surface area (Å²) in [4.78, 5) is 10.6. The average molecular weight is 142 g/mol. The highest BCUT2D eigenvalue weighted by Gasteiger charge is 1.95. The van der Waals surface area contributed by atoms with E-state index < -0.39 is 5.91 Å². The third kappa shape index (κ3) is 4.83. The Balaban J connectivity index is 3.88. The fourth-order valence-electron chi connectivity index (χ4n) is 0.411. The molecule has 0 saturated heterocycles. The summed E-state index contributed by atoms with van der Waals surface area (Å²) in [6.45, 7) is 2.83. The van der Waals surface area contributed by atoms with Crippen LogP contribution in [0.25, 0.3) is 0 Å². The van der Waals surface area contributed by atoms with Crippen molar-refractivity contribution in [1.29, 1.82) is 5.41 Å². The van der Waals surface area contributed by atoms with Crippen LogP contribution in [-0.4, -0.2) is 16.8 Å². The zero-order valence-electron chi connectivity index (χ0n) is 5.93. The Morgan fingerprint density at radius 3 is 2.40 bits per heavy atom. The van der Waals surface area contributed by atoms with Crippen LogP contribution in [0.3, 0.4) is 0 Å². The second-order valence-corrected chi connectivity index (χ2v) is 1.90. The smallest absolute Gasteiger partial charge is 0.252 e. The molecular formula is C6H10N2O2. The lowest BCUT2D eigenvalue weighted by Crippen LogP contribution is -2.25. The minimum Gasteiger partial charge on any atom is -0.512 e. The third-order valence-electron chi connectivity index (χ3n) is 0.651. The molecule has 0 radical (unpaired) electrons. The third-order valence-corrected chi connectivity index (χ3v) is 0.651. The minimum absolute atomic E-state index is 0.0579. The topological polar surface area (TPSA) is 73.2 Å². The molecule has 1 amide bonds. The van der Waals surface area contributed by atoms with E-state index in [1.807, 2.05) is 0 Å². The van der Waals surface area contributed by atoms with Gasteiger partial charge in [-0.3, -0.25) is 10.2 Å². The molecule has 0 bridgehead atoms. The first kappa shape index (κ1) is 8.68. The number of hydrogen-bond donors (Lipinski definition) is 3. The second-order valence-electron chi connectivity index (χ2n) is 1.90. The van der Waals surface area contributed by atoms with Gasteiger partial charge in [0.05, 0.1) is 11.6 Å². The Kier molecular flexibility index (Phi) is 3.17. The number of rotatable bonds is 1. The van der Waals surface area contributed by atoms with Crippen LogP contribution in [0, 0.1) is 5.41 Å². The fourth-order valence-corrected chi connectivity index (χ4v) is 0.411. The quantitative estimate of drug-likeness (QED) is 0.216. The maximum Gasteiger partial charge on any atom is 0.252 e. The lowest BCUT2D eigenvalue weighted by Gasteiger charge is -1.95. The molecule has 0 aromatic rings. The number of hydrogen-bond acceptors (Lipinski definition) is 3. The van der Waals surface area contributed by atoms with Crippen molar-refractivity contribution in [2.75, 3.05) is 0 Å². The van der Waals surface area contributed by atoms with Crippen molar-refractivity contribution in [3.63, 3.8) is 0 Å². The molecule has 0 aliphatic carbocycles. The van der Waals surface area contributed by atoms with Crippen LogP contribution < -0.4 is 5.32 Å². The molecular weight excluding hydrogens is 132 g/mol. The number of amidine groups is 1. The van der Waals surface area contributed by atoms with Crippen LogP contribution in [0.1, 0.15) is 13.8 Å². The lowest BCUT2D eigenvalue weighted by molar-refractivity contribution is -0.115. The Bertz CT molecular complexity index is 180. The molecule has 0 rings (SSSR count). The fraction of sp³-hybridized carbons (Fsp3) is 0.333. The largest absolute Gasteiger partial charge is 0.512 e. The maximum absolute atomic E-state index is 10.6. The molecule has 4 nitrogen and oxygen atoms in total. The molecule has 0 saturated carbocycles. The summed E-state index contributed by atoms with van der Waals surface area (Å²) in [6, 6.07) is 0. The number of carbonyl (C=O) groups excluding carboxylic acids is 1.